The van der Waals surface area contributed by atoms with Crippen LogP contribution in [0.25, 0.3) is 33.3 Å². The third-order valence-corrected chi connectivity index (χ3v) is 6.21. The molecule has 3 N–H and O–H groups in total. The van der Waals surface area contributed by atoms with Crippen molar-refractivity contribution in [2.45, 2.75) is 25.9 Å². The predicted molar refractivity (Wildman–Crippen MR) is 126 cm³/mol. The van der Waals surface area contributed by atoms with E-state index in [-0.39, 0.29) is 17.9 Å². The first-order valence-electron chi connectivity index (χ1n) is 11.2. The van der Waals surface area contributed by atoms with Crippen LogP contribution in [0, 0.1) is 5.92 Å². The number of carbonyl (C=O) groups is 1. The van der Waals surface area contributed by atoms with Crippen molar-refractivity contribution in [3.63, 3.8) is 0 Å². The molecule has 1 saturated carbocycles. The molecule has 6 rings (SSSR count). The van der Waals surface area contributed by atoms with Crippen LogP contribution in [0.3, 0.4) is 0 Å². The second-order valence-electron chi connectivity index (χ2n) is 8.73. The van der Waals surface area contributed by atoms with Gasteiger partial charge in [-0.1, -0.05) is 0 Å². The number of anilines is 3. The van der Waals surface area contributed by atoms with E-state index in [2.05, 4.69) is 27.1 Å². The van der Waals surface area contributed by atoms with Gasteiger partial charge in [-0.15, -0.1) is 0 Å². The third-order valence-electron chi connectivity index (χ3n) is 6.21. The minimum absolute atomic E-state index is 0.00255. The van der Waals surface area contributed by atoms with Crippen molar-refractivity contribution in [3.8, 4) is 11.5 Å². The molecule has 168 valence electrons. The molecular weight excluding hydrogens is 420 g/mol. The van der Waals surface area contributed by atoms with Gasteiger partial charge in [-0.2, -0.15) is 0 Å². The van der Waals surface area contributed by atoms with Crippen LogP contribution < -0.4 is 16.0 Å². The topological polar surface area (TPSA) is 119 Å². The van der Waals surface area contributed by atoms with Crippen LogP contribution in [-0.2, 0) is 9.53 Å². The fourth-order valence-electron chi connectivity index (χ4n) is 4.25. The predicted octanol–water partition coefficient (Wildman–Crippen LogP) is 3.59. The molecule has 9 heteroatoms. The highest BCUT2D eigenvalue weighted by atomic mass is 16.5. The van der Waals surface area contributed by atoms with Gasteiger partial charge in [0.2, 0.25) is 11.8 Å². The molecule has 2 aliphatic rings. The van der Waals surface area contributed by atoms with Crippen molar-refractivity contribution >= 4 is 45.1 Å². The van der Waals surface area contributed by atoms with Crippen LogP contribution in [0.2, 0.25) is 0 Å². The number of benzene rings is 1. The van der Waals surface area contributed by atoms with Gasteiger partial charge in [0.15, 0.2) is 5.58 Å². The maximum Gasteiger partial charge on any atom is 0.229 e. The summed E-state index contributed by atoms with van der Waals surface area (Å²) in [5, 5.41) is 4.35. The first kappa shape index (κ1) is 19.9. The highest BCUT2D eigenvalue weighted by Gasteiger charge is 2.30. The van der Waals surface area contributed by atoms with E-state index in [1.807, 2.05) is 18.2 Å². The summed E-state index contributed by atoms with van der Waals surface area (Å²) < 4.78 is 11.7. The number of nitrogens with one attached hydrogen (secondary N) is 1. The molecule has 1 aromatic carbocycles. The lowest BCUT2D eigenvalue weighted by Crippen LogP contribution is -2.41. The van der Waals surface area contributed by atoms with Crippen LogP contribution in [0.15, 0.2) is 41.1 Å². The second kappa shape index (κ2) is 7.70. The van der Waals surface area contributed by atoms with Crippen LogP contribution in [0.1, 0.15) is 19.8 Å². The first-order chi connectivity index (χ1) is 16.0. The molecule has 0 spiro atoms. The lowest BCUT2D eigenvalue weighted by atomic mass is 10.1. The Morgan fingerprint density at radius 3 is 2.88 bits per heavy atom. The van der Waals surface area contributed by atoms with E-state index >= 15 is 0 Å². The smallest absolute Gasteiger partial charge is 0.229 e. The summed E-state index contributed by atoms with van der Waals surface area (Å²) in [6.45, 7) is 4.47. The van der Waals surface area contributed by atoms with Crippen molar-refractivity contribution in [2.24, 2.45) is 5.92 Å². The van der Waals surface area contributed by atoms with Crippen molar-refractivity contribution < 1.29 is 13.9 Å². The number of amides is 1. The molecule has 4 aromatic rings. The lowest BCUT2D eigenvalue weighted by molar-refractivity contribution is -0.117. The number of nitrogens with two attached hydrogens (primary N) is 1. The largest absolute Gasteiger partial charge is 0.436 e. The average Bonchev–Trinajstić information content (AvgIpc) is 3.58. The fourth-order valence-corrected chi connectivity index (χ4v) is 4.25. The second-order valence-corrected chi connectivity index (χ2v) is 8.73. The molecule has 1 aliphatic carbocycles. The fraction of sp³-hybridized carbons (Fsp3) is 0.333. The molecule has 33 heavy (non-hydrogen) atoms. The number of ether oxygens (including phenoxy) is 1. The summed E-state index contributed by atoms with van der Waals surface area (Å²) in [6, 6.07) is 7.83. The SMILES string of the molecule is CC1CN(c2ccc3oc(-c4cnc(N)c5cnc(NC(=O)C6CC6)cc45)nc3c2)CCO1. The van der Waals surface area contributed by atoms with Crippen LogP contribution >= 0.6 is 0 Å². The van der Waals surface area contributed by atoms with Crippen molar-refractivity contribution in [1.29, 1.82) is 0 Å². The highest BCUT2D eigenvalue weighted by Crippen LogP contribution is 2.35. The van der Waals surface area contributed by atoms with Gasteiger partial charge in [-0.3, -0.25) is 4.79 Å². The normalized spacial score (nSPS) is 18.7. The number of fused-ring (bicyclic) bond motifs is 2. The standard InChI is InChI=1S/C24H24N6O3/c1-13-12-30(6-7-32-13)15-4-5-20-19(8-15)28-24(33-20)18-11-27-22(25)17-10-26-21(9-16(17)18)29-23(31)14-2-3-14/h4-5,8-11,13-14H,2-3,6-7,12H2,1H3,(H2,25,27)(H,26,29,31). The van der Waals surface area contributed by atoms with Crippen molar-refractivity contribution in [1.82, 2.24) is 15.0 Å². The molecule has 9 nitrogen and oxygen atoms in total. The van der Waals surface area contributed by atoms with Crippen molar-refractivity contribution in [2.75, 3.05) is 35.6 Å². The summed E-state index contributed by atoms with van der Waals surface area (Å²) >= 11 is 0. The Kier molecular flexibility index (Phi) is 4.65. The number of hydrogen-bond donors (Lipinski definition) is 2. The van der Waals surface area contributed by atoms with Crippen LogP contribution in [0.5, 0.6) is 0 Å². The Morgan fingerprint density at radius 2 is 2.06 bits per heavy atom. The van der Waals surface area contributed by atoms with Gasteiger partial charge < -0.3 is 25.1 Å². The zero-order chi connectivity index (χ0) is 22.5. The van der Waals surface area contributed by atoms with Crippen LogP contribution in [0.4, 0.5) is 17.3 Å². The van der Waals surface area contributed by atoms with E-state index < -0.39 is 0 Å². The molecule has 1 aliphatic heterocycles. The Morgan fingerprint density at radius 1 is 1.18 bits per heavy atom. The number of morpholine rings is 1. The minimum atomic E-state index is -0.00255. The number of nitrogens with zero attached hydrogens (tertiary/aromatic N) is 4. The zero-order valence-corrected chi connectivity index (χ0v) is 18.2. The van der Waals surface area contributed by atoms with Crippen molar-refractivity contribution in [3.05, 3.63) is 36.7 Å². The Balaban J connectivity index is 1.39. The number of carbonyl (C=O) groups excluding carboxylic acids is 1. The van der Waals surface area contributed by atoms with E-state index in [0.717, 1.165) is 42.5 Å². The summed E-state index contributed by atoms with van der Waals surface area (Å²) in [5.74, 6) is 1.37. The monoisotopic (exact) mass is 444 g/mol. The van der Waals surface area contributed by atoms with Gasteiger partial charge in [-0.25, -0.2) is 15.0 Å². The average molecular weight is 444 g/mol. The van der Waals surface area contributed by atoms with Gasteiger partial charge in [0.05, 0.1) is 18.3 Å². The summed E-state index contributed by atoms with van der Waals surface area (Å²) in [6.07, 6.45) is 5.33. The number of rotatable bonds is 4. The number of pyridine rings is 2. The van der Waals surface area contributed by atoms with Gasteiger partial charge >= 0.3 is 0 Å². The Labute approximate surface area is 190 Å². The Hall–Kier alpha value is -3.72. The summed E-state index contributed by atoms with van der Waals surface area (Å²) in [4.78, 5) is 27.9. The number of oxazole rings is 1. The molecule has 0 bridgehead atoms. The molecule has 2 fully saturated rings. The van der Waals surface area contributed by atoms with Gasteiger partial charge in [0.1, 0.15) is 17.2 Å². The van der Waals surface area contributed by atoms with E-state index in [4.69, 9.17) is 19.9 Å². The first-order valence-corrected chi connectivity index (χ1v) is 11.2. The van der Waals surface area contributed by atoms with Gasteiger partial charge in [0, 0.05) is 47.9 Å². The molecular formula is C24H24N6O3. The molecule has 1 saturated heterocycles. The van der Waals surface area contributed by atoms with E-state index in [1.54, 1.807) is 18.5 Å². The molecule has 0 radical (unpaired) electrons. The molecule has 4 heterocycles. The highest BCUT2D eigenvalue weighted by molar-refractivity contribution is 6.03. The minimum Gasteiger partial charge on any atom is -0.436 e. The maximum atomic E-state index is 12.2. The van der Waals surface area contributed by atoms with Crippen LogP contribution in [-0.4, -0.2) is 46.7 Å². The maximum absolute atomic E-state index is 12.2. The molecule has 1 unspecified atom stereocenters. The molecule has 1 amide bonds. The van der Waals surface area contributed by atoms with Gasteiger partial charge in [-0.05, 0) is 44.0 Å². The quantitative estimate of drug-likeness (QED) is 0.490. The summed E-state index contributed by atoms with van der Waals surface area (Å²) in [7, 11) is 0. The number of hydrogen-bond acceptors (Lipinski definition) is 8. The van der Waals surface area contributed by atoms with E-state index in [9.17, 15) is 4.79 Å². The zero-order valence-electron chi connectivity index (χ0n) is 18.2. The number of nitrogen functional groups attached to an aromatic ring is 1. The summed E-state index contributed by atoms with van der Waals surface area (Å²) in [5.41, 5.74) is 9.34. The third kappa shape index (κ3) is 3.74. The molecule has 1 atom stereocenters. The number of aromatic nitrogens is 3. The Bertz CT molecular complexity index is 1380. The van der Waals surface area contributed by atoms with E-state index in [0.29, 0.717) is 40.7 Å². The van der Waals surface area contributed by atoms with E-state index in [1.165, 1.54) is 0 Å². The molecule has 3 aromatic heterocycles. The lowest BCUT2D eigenvalue weighted by Gasteiger charge is -2.32. The van der Waals surface area contributed by atoms with Gasteiger partial charge in [0.25, 0.3) is 0 Å².